The van der Waals surface area contributed by atoms with Gasteiger partial charge in [-0.3, -0.25) is 4.98 Å². The van der Waals surface area contributed by atoms with Crippen molar-refractivity contribution in [3.8, 4) is 22.2 Å². The average molecular weight is 353 g/mol. The Morgan fingerprint density at radius 1 is 1.32 bits per heavy atom. The smallest absolute Gasteiger partial charge is 0.270 e. The van der Waals surface area contributed by atoms with E-state index in [0.717, 1.165) is 27.0 Å². The summed E-state index contributed by atoms with van der Waals surface area (Å²) in [5.41, 5.74) is 9.65. The number of ether oxygens (including phenoxy) is 1. The van der Waals surface area contributed by atoms with Gasteiger partial charge in [-0.1, -0.05) is 5.16 Å². The van der Waals surface area contributed by atoms with Crippen molar-refractivity contribution < 1.29 is 9.26 Å². The number of thiophene rings is 1. The molecule has 4 aromatic heterocycles. The molecule has 0 atom stereocenters. The lowest BCUT2D eigenvalue weighted by Gasteiger charge is -2.04. The summed E-state index contributed by atoms with van der Waals surface area (Å²) in [4.78, 5) is 14.7. The van der Waals surface area contributed by atoms with Crippen molar-refractivity contribution in [2.45, 2.75) is 13.5 Å². The lowest BCUT2D eigenvalue weighted by atomic mass is 10.1. The summed E-state index contributed by atoms with van der Waals surface area (Å²) in [6, 6.07) is 5.67. The molecule has 0 aliphatic rings. The van der Waals surface area contributed by atoms with E-state index in [4.69, 9.17) is 15.0 Å². The third kappa shape index (κ3) is 2.75. The van der Waals surface area contributed by atoms with Crippen molar-refractivity contribution in [2.24, 2.45) is 0 Å². The number of fused-ring (bicyclic) bond motifs is 1. The first-order chi connectivity index (χ1) is 12.2. The summed E-state index contributed by atoms with van der Waals surface area (Å²) in [6.07, 6.45) is 3.38. The maximum Gasteiger partial charge on any atom is 0.270 e. The summed E-state index contributed by atoms with van der Waals surface area (Å²) in [5.74, 6) is 0.849. The first-order valence-electron chi connectivity index (χ1n) is 7.59. The maximum atomic E-state index is 6.37. The number of methoxy groups -OCH3 is 1. The molecule has 0 fully saturated rings. The number of nitrogens with two attached hydrogens (primary N) is 1. The molecule has 0 unspecified atom stereocenters. The quantitative estimate of drug-likeness (QED) is 0.600. The molecule has 0 aliphatic carbocycles. The Bertz CT molecular complexity index is 1040. The number of aryl methyl sites for hydroxylation is 1. The summed E-state index contributed by atoms with van der Waals surface area (Å²) < 4.78 is 10.7. The number of anilines is 1. The second-order valence-electron chi connectivity index (χ2n) is 5.55. The topological polar surface area (TPSA) is 100.0 Å². The van der Waals surface area contributed by atoms with E-state index in [9.17, 15) is 0 Å². The Labute approximate surface area is 147 Å². The predicted molar refractivity (Wildman–Crippen MR) is 96.0 cm³/mol. The number of nitrogen functional groups attached to an aromatic ring is 1. The third-order valence-corrected chi connectivity index (χ3v) is 4.84. The second-order valence-corrected chi connectivity index (χ2v) is 6.54. The Hall–Kier alpha value is -2.84. The molecule has 25 heavy (non-hydrogen) atoms. The van der Waals surface area contributed by atoms with Gasteiger partial charge in [0.25, 0.3) is 5.89 Å². The van der Waals surface area contributed by atoms with Crippen LogP contribution in [0.15, 0.2) is 35.1 Å². The van der Waals surface area contributed by atoms with Crippen LogP contribution in [0.4, 0.5) is 5.69 Å². The Kier molecular flexibility index (Phi) is 3.90. The van der Waals surface area contributed by atoms with Crippen molar-refractivity contribution in [3.63, 3.8) is 0 Å². The van der Waals surface area contributed by atoms with Crippen molar-refractivity contribution in [3.05, 3.63) is 41.9 Å². The molecule has 126 valence electrons. The van der Waals surface area contributed by atoms with Crippen LogP contribution >= 0.6 is 11.3 Å². The highest BCUT2D eigenvalue weighted by Crippen LogP contribution is 2.41. The molecule has 0 aromatic carbocycles. The van der Waals surface area contributed by atoms with E-state index in [1.807, 2.05) is 25.1 Å². The molecule has 0 bridgehead atoms. The van der Waals surface area contributed by atoms with Crippen LogP contribution in [-0.4, -0.2) is 27.2 Å². The summed E-state index contributed by atoms with van der Waals surface area (Å²) in [5, 5.41) is 4.91. The minimum atomic E-state index is 0.375. The molecule has 8 heteroatoms. The lowest BCUT2D eigenvalue weighted by molar-refractivity contribution is 0.186. The zero-order chi connectivity index (χ0) is 17.4. The fourth-order valence-corrected chi connectivity index (χ4v) is 3.80. The monoisotopic (exact) mass is 353 g/mol. The number of aromatic nitrogens is 4. The van der Waals surface area contributed by atoms with Gasteiger partial charge in [0, 0.05) is 36.1 Å². The van der Waals surface area contributed by atoms with Crippen molar-refractivity contribution in [2.75, 3.05) is 12.8 Å². The van der Waals surface area contributed by atoms with E-state index < -0.39 is 0 Å². The molecule has 0 saturated carbocycles. The summed E-state index contributed by atoms with van der Waals surface area (Å²) in [7, 11) is 1.66. The maximum absolute atomic E-state index is 6.37. The van der Waals surface area contributed by atoms with Gasteiger partial charge in [0.05, 0.1) is 12.3 Å². The molecular formula is C17H15N5O2S. The number of hydrogen-bond acceptors (Lipinski definition) is 8. The van der Waals surface area contributed by atoms with E-state index in [-0.39, 0.29) is 0 Å². The second kappa shape index (κ2) is 6.23. The van der Waals surface area contributed by atoms with Crippen LogP contribution in [0.1, 0.15) is 11.3 Å². The molecular weight excluding hydrogens is 338 g/mol. The van der Waals surface area contributed by atoms with Gasteiger partial charge < -0.3 is 15.0 Å². The van der Waals surface area contributed by atoms with Crippen LogP contribution < -0.4 is 5.73 Å². The summed E-state index contributed by atoms with van der Waals surface area (Å²) in [6.45, 7) is 2.41. The molecule has 0 amide bonds. The van der Waals surface area contributed by atoms with E-state index in [1.165, 1.54) is 11.3 Å². The fourth-order valence-electron chi connectivity index (χ4n) is 2.69. The normalized spacial score (nSPS) is 11.3. The highest BCUT2D eigenvalue weighted by Gasteiger charge is 2.21. The molecule has 7 nitrogen and oxygen atoms in total. The number of pyridine rings is 2. The minimum Gasteiger partial charge on any atom is -0.397 e. The number of rotatable bonds is 4. The van der Waals surface area contributed by atoms with E-state index in [2.05, 4.69) is 20.1 Å². The molecule has 2 N–H and O–H groups in total. The SMILES string of the molecule is COCc1cc(C)nc2sc(-c3nc(-c4cccnc4)no3)c(N)c12. The van der Waals surface area contributed by atoms with Gasteiger partial charge in [-0.25, -0.2) is 4.98 Å². The van der Waals surface area contributed by atoms with Gasteiger partial charge in [-0.15, -0.1) is 11.3 Å². The van der Waals surface area contributed by atoms with Crippen LogP contribution in [0.3, 0.4) is 0 Å². The first-order valence-corrected chi connectivity index (χ1v) is 8.41. The Balaban J connectivity index is 1.84. The van der Waals surface area contributed by atoms with Gasteiger partial charge in [-0.05, 0) is 30.7 Å². The molecule has 0 saturated heterocycles. The minimum absolute atomic E-state index is 0.375. The van der Waals surface area contributed by atoms with Crippen LogP contribution in [-0.2, 0) is 11.3 Å². The molecule has 0 spiro atoms. The molecule has 0 radical (unpaired) electrons. The number of nitrogens with zero attached hydrogens (tertiary/aromatic N) is 4. The molecule has 0 aliphatic heterocycles. The van der Waals surface area contributed by atoms with Gasteiger partial charge in [0.15, 0.2) is 0 Å². The van der Waals surface area contributed by atoms with Crippen molar-refractivity contribution >= 4 is 27.2 Å². The average Bonchev–Trinajstić information content (AvgIpc) is 3.21. The van der Waals surface area contributed by atoms with Crippen LogP contribution in [0.25, 0.3) is 32.4 Å². The van der Waals surface area contributed by atoms with Gasteiger partial charge in [-0.2, -0.15) is 4.98 Å². The van der Waals surface area contributed by atoms with Crippen molar-refractivity contribution in [1.82, 2.24) is 20.1 Å². The Morgan fingerprint density at radius 2 is 2.20 bits per heavy atom. The standard InChI is InChI=1S/C17H15N5O2S/c1-9-6-11(8-23-2)12-13(18)14(25-17(12)20-9)16-21-15(22-24-16)10-4-3-5-19-7-10/h3-7H,8,18H2,1-2H3. The number of hydrogen-bond donors (Lipinski definition) is 1. The highest BCUT2D eigenvalue weighted by molar-refractivity contribution is 7.22. The fraction of sp³-hybridized carbons (Fsp3) is 0.176. The third-order valence-electron chi connectivity index (χ3n) is 3.75. The largest absolute Gasteiger partial charge is 0.397 e. The zero-order valence-corrected chi connectivity index (χ0v) is 14.5. The summed E-state index contributed by atoms with van der Waals surface area (Å²) >= 11 is 1.44. The molecule has 4 aromatic rings. The highest BCUT2D eigenvalue weighted by atomic mass is 32.1. The van der Waals surface area contributed by atoms with Gasteiger partial charge >= 0.3 is 0 Å². The van der Waals surface area contributed by atoms with Gasteiger partial charge in [0.1, 0.15) is 9.71 Å². The Morgan fingerprint density at radius 3 is 2.96 bits per heavy atom. The van der Waals surface area contributed by atoms with E-state index in [1.54, 1.807) is 19.5 Å². The lowest BCUT2D eigenvalue weighted by Crippen LogP contribution is -1.95. The predicted octanol–water partition coefficient (Wildman–Crippen LogP) is 3.45. The van der Waals surface area contributed by atoms with E-state index >= 15 is 0 Å². The molecule has 4 heterocycles. The zero-order valence-electron chi connectivity index (χ0n) is 13.7. The van der Waals surface area contributed by atoms with Crippen LogP contribution in [0, 0.1) is 6.92 Å². The van der Waals surface area contributed by atoms with Crippen LogP contribution in [0.5, 0.6) is 0 Å². The van der Waals surface area contributed by atoms with Gasteiger partial charge in [0.2, 0.25) is 5.82 Å². The first kappa shape index (κ1) is 15.7. The van der Waals surface area contributed by atoms with E-state index in [0.29, 0.717) is 28.9 Å². The van der Waals surface area contributed by atoms with Crippen molar-refractivity contribution in [1.29, 1.82) is 0 Å². The van der Waals surface area contributed by atoms with Crippen LogP contribution in [0.2, 0.25) is 0 Å². The molecule has 4 rings (SSSR count).